The Bertz CT molecular complexity index is 2740. The number of hydrogen-bond donors (Lipinski definition) is 0. The van der Waals surface area contributed by atoms with Crippen LogP contribution in [0.1, 0.15) is 87.2 Å². The number of thiophene rings is 1. The molecule has 0 spiro atoms. The Morgan fingerprint density at radius 1 is 0.358 bits per heavy atom. The fraction of sp³-hybridized carbons (Fsp3) is 0.231. The molecule has 2 aliphatic rings. The second-order valence-corrected chi connectivity index (χ2v) is 17.0. The smallest absolute Gasteiger partial charge is 0.0361 e. The first kappa shape index (κ1) is 31.5. The Kier molecular flexibility index (Phi) is 7.65. The van der Waals surface area contributed by atoms with Crippen LogP contribution in [0.3, 0.4) is 0 Å². The van der Waals surface area contributed by atoms with Crippen LogP contribution in [0.15, 0.2) is 133 Å². The van der Waals surface area contributed by atoms with Crippen molar-refractivity contribution in [1.29, 1.82) is 0 Å². The number of benzene rings is 8. The van der Waals surface area contributed by atoms with Crippen molar-refractivity contribution in [2.45, 2.75) is 76.0 Å². The van der Waals surface area contributed by atoms with Crippen molar-refractivity contribution >= 4 is 74.6 Å². The summed E-state index contributed by atoms with van der Waals surface area (Å²) in [5.41, 5.74) is 8.62. The molecule has 0 unspecified atom stereocenters. The minimum atomic E-state index is 0.632. The van der Waals surface area contributed by atoms with Crippen molar-refractivity contribution in [2.75, 3.05) is 0 Å². The molecule has 258 valence electrons. The Morgan fingerprint density at radius 2 is 0.811 bits per heavy atom. The molecular weight excluding hydrogens is 657 g/mol. The summed E-state index contributed by atoms with van der Waals surface area (Å²) in [7, 11) is 0. The molecule has 2 aliphatic carbocycles. The van der Waals surface area contributed by atoms with Gasteiger partial charge in [0.25, 0.3) is 0 Å². The molecule has 1 aromatic heterocycles. The highest BCUT2D eigenvalue weighted by atomic mass is 32.1. The van der Waals surface area contributed by atoms with Gasteiger partial charge in [-0.05, 0) is 126 Å². The van der Waals surface area contributed by atoms with Gasteiger partial charge in [-0.1, -0.05) is 160 Å². The predicted molar refractivity (Wildman–Crippen MR) is 232 cm³/mol. The van der Waals surface area contributed by atoms with Crippen LogP contribution < -0.4 is 0 Å². The highest BCUT2D eigenvalue weighted by Gasteiger charge is 2.26. The number of hydrogen-bond acceptors (Lipinski definition) is 1. The van der Waals surface area contributed by atoms with Gasteiger partial charge in [0.05, 0.1) is 0 Å². The first-order valence-electron chi connectivity index (χ1n) is 20.2. The second kappa shape index (κ2) is 12.9. The molecular formula is C52H44S. The van der Waals surface area contributed by atoms with Crippen molar-refractivity contribution in [3.63, 3.8) is 0 Å². The van der Waals surface area contributed by atoms with E-state index >= 15 is 0 Å². The van der Waals surface area contributed by atoms with Crippen LogP contribution in [-0.4, -0.2) is 0 Å². The molecule has 0 radical (unpaired) electrons. The lowest BCUT2D eigenvalue weighted by Gasteiger charge is -2.27. The summed E-state index contributed by atoms with van der Waals surface area (Å²) >= 11 is 1.95. The number of rotatable bonds is 4. The molecule has 0 amide bonds. The zero-order valence-corrected chi connectivity index (χ0v) is 31.2. The van der Waals surface area contributed by atoms with E-state index in [2.05, 4.69) is 133 Å². The van der Waals surface area contributed by atoms with Gasteiger partial charge >= 0.3 is 0 Å². The van der Waals surface area contributed by atoms with Crippen LogP contribution in [0.5, 0.6) is 0 Å². The zero-order chi connectivity index (χ0) is 34.9. The SMILES string of the molecule is c1cc(-c2c3ccccc3c(C3CCCCC3)c3ccccc23)c2c(c1)sc1cc(-c3c4ccccc4c(C4CCCCC4)c4ccccc34)ccc12. The van der Waals surface area contributed by atoms with Gasteiger partial charge in [0.2, 0.25) is 0 Å². The average Bonchev–Trinajstić information content (AvgIpc) is 3.61. The normalized spacial score (nSPS) is 16.2. The third-order valence-electron chi connectivity index (χ3n) is 13.0. The molecule has 1 heteroatoms. The third kappa shape index (κ3) is 5.00. The fourth-order valence-electron chi connectivity index (χ4n) is 10.8. The first-order valence-corrected chi connectivity index (χ1v) is 21.0. The van der Waals surface area contributed by atoms with Crippen LogP contribution in [0.25, 0.3) is 85.5 Å². The van der Waals surface area contributed by atoms with Crippen LogP contribution in [0, 0.1) is 0 Å². The van der Waals surface area contributed by atoms with Gasteiger partial charge < -0.3 is 0 Å². The summed E-state index contributed by atoms with van der Waals surface area (Å²) in [6.07, 6.45) is 13.3. The minimum absolute atomic E-state index is 0.632. The van der Waals surface area contributed by atoms with Crippen LogP contribution in [0.2, 0.25) is 0 Å². The molecule has 0 aliphatic heterocycles. The molecule has 1 heterocycles. The summed E-state index contributed by atoms with van der Waals surface area (Å²) in [4.78, 5) is 0. The molecule has 0 atom stereocenters. The van der Waals surface area contributed by atoms with E-state index in [9.17, 15) is 0 Å². The largest absolute Gasteiger partial charge is 0.135 e. The lowest BCUT2D eigenvalue weighted by Crippen LogP contribution is -2.06. The van der Waals surface area contributed by atoms with E-state index in [1.165, 1.54) is 150 Å². The molecule has 11 rings (SSSR count). The molecule has 0 nitrogen and oxygen atoms in total. The van der Waals surface area contributed by atoms with Crippen molar-refractivity contribution < 1.29 is 0 Å². The summed E-state index contributed by atoms with van der Waals surface area (Å²) in [6, 6.07) is 51.5. The van der Waals surface area contributed by atoms with E-state index in [0.717, 1.165) is 0 Å². The molecule has 0 bridgehead atoms. The van der Waals surface area contributed by atoms with E-state index in [1.54, 1.807) is 11.1 Å². The van der Waals surface area contributed by atoms with E-state index < -0.39 is 0 Å². The molecule has 2 fully saturated rings. The monoisotopic (exact) mass is 700 g/mol. The second-order valence-electron chi connectivity index (χ2n) is 15.9. The summed E-state index contributed by atoms with van der Waals surface area (Å²) in [5, 5.41) is 14.1. The Balaban J connectivity index is 1.15. The lowest BCUT2D eigenvalue weighted by molar-refractivity contribution is 0.447. The van der Waals surface area contributed by atoms with Gasteiger partial charge in [0.15, 0.2) is 0 Å². The molecule has 0 saturated heterocycles. The maximum Gasteiger partial charge on any atom is 0.0361 e. The summed E-state index contributed by atoms with van der Waals surface area (Å²) in [5.74, 6) is 1.27. The van der Waals surface area contributed by atoms with Gasteiger partial charge in [-0.15, -0.1) is 11.3 Å². The summed E-state index contributed by atoms with van der Waals surface area (Å²) in [6.45, 7) is 0. The average molecular weight is 701 g/mol. The van der Waals surface area contributed by atoms with Crippen molar-refractivity contribution in [3.8, 4) is 22.3 Å². The topological polar surface area (TPSA) is 0 Å². The molecule has 9 aromatic rings. The van der Waals surface area contributed by atoms with Crippen molar-refractivity contribution in [2.24, 2.45) is 0 Å². The molecule has 0 N–H and O–H groups in total. The van der Waals surface area contributed by atoms with Crippen LogP contribution in [-0.2, 0) is 0 Å². The van der Waals surface area contributed by atoms with E-state index in [-0.39, 0.29) is 0 Å². The first-order chi connectivity index (χ1) is 26.3. The Morgan fingerprint density at radius 3 is 1.30 bits per heavy atom. The Labute approximate surface area is 316 Å². The van der Waals surface area contributed by atoms with E-state index in [1.807, 2.05) is 11.3 Å². The van der Waals surface area contributed by atoms with Gasteiger partial charge in [-0.25, -0.2) is 0 Å². The highest BCUT2D eigenvalue weighted by molar-refractivity contribution is 7.26. The predicted octanol–water partition coefficient (Wildman–Crippen LogP) is 16.1. The van der Waals surface area contributed by atoms with Crippen LogP contribution >= 0.6 is 11.3 Å². The quantitative estimate of drug-likeness (QED) is 0.160. The standard InChI is InChI=1S/C52H44S/c1-3-16-33(17-4-1)48-36-20-7-9-22-38(36)50(39-23-10-8-21-37(39)48)35-30-31-44-47(32-35)53-46-29-15-28-45(52(44)46)51-42-26-13-11-24-40(42)49(34-18-5-2-6-19-34)41-25-12-14-27-43(41)51/h7-15,20-34H,1-6,16-19H2. The lowest BCUT2D eigenvalue weighted by atomic mass is 9.77. The Hall–Kier alpha value is -4.98. The maximum absolute atomic E-state index is 2.50. The van der Waals surface area contributed by atoms with Gasteiger partial charge in [-0.2, -0.15) is 0 Å². The molecule has 2 saturated carbocycles. The van der Waals surface area contributed by atoms with Crippen LogP contribution in [0.4, 0.5) is 0 Å². The summed E-state index contributed by atoms with van der Waals surface area (Å²) < 4.78 is 2.73. The van der Waals surface area contributed by atoms with E-state index in [0.29, 0.717) is 11.8 Å². The third-order valence-corrected chi connectivity index (χ3v) is 14.1. The fourth-order valence-corrected chi connectivity index (χ4v) is 11.9. The van der Waals surface area contributed by atoms with Gasteiger partial charge in [0, 0.05) is 20.2 Å². The number of fused-ring (bicyclic) bond motifs is 7. The molecule has 8 aromatic carbocycles. The van der Waals surface area contributed by atoms with Crippen molar-refractivity contribution in [1.82, 2.24) is 0 Å². The molecule has 53 heavy (non-hydrogen) atoms. The zero-order valence-electron chi connectivity index (χ0n) is 30.3. The van der Waals surface area contributed by atoms with Gasteiger partial charge in [-0.3, -0.25) is 0 Å². The minimum Gasteiger partial charge on any atom is -0.135 e. The highest BCUT2D eigenvalue weighted by Crippen LogP contribution is 2.50. The van der Waals surface area contributed by atoms with Crippen molar-refractivity contribution in [3.05, 3.63) is 145 Å². The van der Waals surface area contributed by atoms with E-state index in [4.69, 9.17) is 0 Å². The van der Waals surface area contributed by atoms with Gasteiger partial charge in [0.1, 0.15) is 0 Å². The maximum atomic E-state index is 2.50.